The Morgan fingerprint density at radius 3 is 2.64 bits per heavy atom. The molecule has 0 fully saturated rings. The molecule has 1 aliphatic rings. The summed E-state index contributed by atoms with van der Waals surface area (Å²) in [6.07, 6.45) is -0.691. The average molecular weight is 341 g/mol. The number of ether oxygens (including phenoxy) is 1. The Kier molecular flexibility index (Phi) is 4.34. The molecular weight excluding hydrogens is 326 g/mol. The van der Waals surface area contributed by atoms with Crippen molar-refractivity contribution in [2.75, 3.05) is 19.0 Å². The fraction of sp³-hybridized carbons (Fsp3) is 0.176. The van der Waals surface area contributed by atoms with Crippen LogP contribution in [0.15, 0.2) is 48.5 Å². The highest BCUT2D eigenvalue weighted by Crippen LogP contribution is 2.37. The Bertz CT molecular complexity index is 837. The van der Waals surface area contributed by atoms with Crippen LogP contribution in [0, 0.1) is 10.1 Å². The van der Waals surface area contributed by atoms with Crippen LogP contribution >= 0.6 is 0 Å². The average Bonchev–Trinajstić information content (AvgIpc) is 2.76. The molecule has 2 aromatic rings. The number of benzene rings is 2. The van der Waals surface area contributed by atoms with E-state index in [1.165, 1.54) is 30.2 Å². The molecule has 25 heavy (non-hydrogen) atoms. The van der Waals surface area contributed by atoms with Crippen molar-refractivity contribution < 1.29 is 19.2 Å². The maximum atomic E-state index is 12.3. The van der Waals surface area contributed by atoms with Crippen LogP contribution in [-0.2, 0) is 9.53 Å². The van der Waals surface area contributed by atoms with Gasteiger partial charge in [-0.3, -0.25) is 19.8 Å². The van der Waals surface area contributed by atoms with Gasteiger partial charge >= 0.3 is 6.09 Å². The lowest BCUT2D eigenvalue weighted by Gasteiger charge is -2.29. The summed E-state index contributed by atoms with van der Waals surface area (Å²) in [6.45, 7) is -0.227. The summed E-state index contributed by atoms with van der Waals surface area (Å²) in [5.74, 6) is -0.404. The van der Waals surface area contributed by atoms with Crippen LogP contribution in [0.2, 0.25) is 0 Å². The summed E-state index contributed by atoms with van der Waals surface area (Å²) in [4.78, 5) is 36.3. The molecule has 1 N–H and O–H groups in total. The molecule has 1 aliphatic heterocycles. The second-order valence-electron chi connectivity index (χ2n) is 5.49. The number of hydrogen-bond donors (Lipinski definition) is 1. The third-order valence-corrected chi connectivity index (χ3v) is 3.96. The van der Waals surface area contributed by atoms with Gasteiger partial charge in [-0.1, -0.05) is 30.3 Å². The molecular formula is C17H15N3O5. The van der Waals surface area contributed by atoms with Gasteiger partial charge in [0.2, 0.25) is 5.91 Å². The molecule has 1 unspecified atom stereocenters. The predicted molar refractivity (Wildman–Crippen MR) is 89.1 cm³/mol. The van der Waals surface area contributed by atoms with E-state index < -0.39 is 23.0 Å². The predicted octanol–water partition coefficient (Wildman–Crippen LogP) is 2.70. The number of rotatable bonds is 2. The van der Waals surface area contributed by atoms with Gasteiger partial charge in [0.05, 0.1) is 18.1 Å². The van der Waals surface area contributed by atoms with Crippen LogP contribution in [0.4, 0.5) is 16.2 Å². The molecule has 8 nitrogen and oxygen atoms in total. The summed E-state index contributed by atoms with van der Waals surface area (Å²) in [6, 6.07) is 12.5. The molecule has 2 amide bonds. The molecule has 0 aliphatic carbocycles. The first-order chi connectivity index (χ1) is 12.0. The highest BCUT2D eigenvalue weighted by atomic mass is 16.6. The second-order valence-corrected chi connectivity index (χ2v) is 5.49. The van der Waals surface area contributed by atoms with Crippen LogP contribution in [0.25, 0.3) is 0 Å². The van der Waals surface area contributed by atoms with Gasteiger partial charge in [0.25, 0.3) is 5.69 Å². The van der Waals surface area contributed by atoms with Crippen molar-refractivity contribution >= 4 is 23.4 Å². The number of non-ortho nitro benzene ring substituents is 1. The summed E-state index contributed by atoms with van der Waals surface area (Å²) >= 11 is 0. The van der Waals surface area contributed by atoms with E-state index in [1.54, 1.807) is 24.3 Å². The van der Waals surface area contributed by atoms with Gasteiger partial charge in [-0.25, -0.2) is 4.79 Å². The van der Waals surface area contributed by atoms with E-state index in [0.29, 0.717) is 16.8 Å². The van der Waals surface area contributed by atoms with Crippen molar-refractivity contribution in [2.45, 2.75) is 6.04 Å². The van der Waals surface area contributed by atoms with E-state index in [0.717, 1.165) is 0 Å². The fourth-order valence-corrected chi connectivity index (χ4v) is 2.89. The van der Waals surface area contributed by atoms with Crippen molar-refractivity contribution in [3.8, 4) is 0 Å². The summed E-state index contributed by atoms with van der Waals surface area (Å²) in [5, 5.41) is 13.9. The van der Waals surface area contributed by atoms with Crippen LogP contribution in [0.3, 0.4) is 0 Å². The van der Waals surface area contributed by atoms with Crippen LogP contribution in [0.5, 0.6) is 0 Å². The van der Waals surface area contributed by atoms with Gasteiger partial charge in [-0.2, -0.15) is 0 Å². The zero-order valence-corrected chi connectivity index (χ0v) is 13.3. The molecule has 0 spiro atoms. The molecule has 2 aromatic carbocycles. The zero-order valence-electron chi connectivity index (χ0n) is 13.3. The maximum Gasteiger partial charge on any atom is 0.410 e. The molecule has 8 heteroatoms. The van der Waals surface area contributed by atoms with Crippen molar-refractivity contribution in [1.82, 2.24) is 4.90 Å². The standard InChI is InChI=1S/C17H15N3O5/c1-25-17(22)19-10-15(21)18-14-8-7-12(20(23)24)9-13(14)16(19)11-5-3-2-4-6-11/h2-9,16H,10H2,1H3,(H,18,21). The van der Waals surface area contributed by atoms with Gasteiger partial charge in [-0.05, 0) is 11.6 Å². The monoisotopic (exact) mass is 341 g/mol. The molecule has 0 bridgehead atoms. The highest BCUT2D eigenvalue weighted by molar-refractivity contribution is 5.96. The molecule has 1 atom stereocenters. The van der Waals surface area contributed by atoms with E-state index in [9.17, 15) is 19.7 Å². The minimum absolute atomic E-state index is 0.124. The lowest BCUT2D eigenvalue weighted by atomic mass is 9.95. The van der Waals surface area contributed by atoms with E-state index >= 15 is 0 Å². The summed E-state index contributed by atoms with van der Waals surface area (Å²) < 4.78 is 4.81. The summed E-state index contributed by atoms with van der Waals surface area (Å²) in [7, 11) is 1.22. The number of methoxy groups -OCH3 is 1. The quantitative estimate of drug-likeness (QED) is 0.668. The van der Waals surface area contributed by atoms with Crippen LogP contribution in [0.1, 0.15) is 17.2 Å². The number of fused-ring (bicyclic) bond motifs is 1. The number of nitrogens with zero attached hydrogens (tertiary/aromatic N) is 2. The first-order valence-electron chi connectivity index (χ1n) is 7.49. The third kappa shape index (κ3) is 3.14. The molecule has 0 aromatic heterocycles. The topological polar surface area (TPSA) is 102 Å². The van der Waals surface area contributed by atoms with Gasteiger partial charge in [0.15, 0.2) is 0 Å². The van der Waals surface area contributed by atoms with Gasteiger partial charge in [0, 0.05) is 23.4 Å². The Morgan fingerprint density at radius 1 is 1.28 bits per heavy atom. The lowest BCUT2D eigenvalue weighted by molar-refractivity contribution is -0.384. The number of anilines is 1. The van der Waals surface area contributed by atoms with E-state index in [-0.39, 0.29) is 12.2 Å². The lowest BCUT2D eigenvalue weighted by Crippen LogP contribution is -2.38. The molecule has 1 heterocycles. The fourth-order valence-electron chi connectivity index (χ4n) is 2.89. The summed E-state index contributed by atoms with van der Waals surface area (Å²) in [5.41, 5.74) is 1.47. The van der Waals surface area contributed by atoms with Crippen LogP contribution in [-0.4, -0.2) is 35.5 Å². The minimum atomic E-state index is -0.692. The first-order valence-corrected chi connectivity index (χ1v) is 7.49. The minimum Gasteiger partial charge on any atom is -0.453 e. The molecule has 0 saturated carbocycles. The van der Waals surface area contributed by atoms with Gasteiger partial charge in [0.1, 0.15) is 6.54 Å². The normalized spacial score (nSPS) is 16.4. The molecule has 128 valence electrons. The van der Waals surface area contributed by atoms with Crippen LogP contribution < -0.4 is 5.32 Å². The second kappa shape index (κ2) is 6.60. The largest absolute Gasteiger partial charge is 0.453 e. The maximum absolute atomic E-state index is 12.3. The van der Waals surface area contributed by atoms with Gasteiger partial charge < -0.3 is 10.1 Å². The molecule has 0 radical (unpaired) electrons. The van der Waals surface area contributed by atoms with E-state index in [1.807, 2.05) is 6.07 Å². The Morgan fingerprint density at radius 2 is 2.00 bits per heavy atom. The SMILES string of the molecule is COC(=O)N1CC(=O)Nc2ccc([N+](=O)[O-])cc2C1c1ccccc1. The number of nitrogens with one attached hydrogen (secondary N) is 1. The number of carbonyl (C=O) groups is 2. The number of amides is 2. The van der Waals surface area contributed by atoms with Crippen molar-refractivity contribution in [2.24, 2.45) is 0 Å². The highest BCUT2D eigenvalue weighted by Gasteiger charge is 2.35. The Hall–Kier alpha value is -3.42. The van der Waals surface area contributed by atoms with Crippen molar-refractivity contribution in [3.63, 3.8) is 0 Å². The smallest absolute Gasteiger partial charge is 0.410 e. The third-order valence-electron chi connectivity index (χ3n) is 3.96. The number of carbonyl (C=O) groups excluding carboxylic acids is 2. The number of nitro groups is 1. The number of nitro benzene ring substituents is 1. The van der Waals surface area contributed by atoms with Crippen molar-refractivity contribution in [1.29, 1.82) is 0 Å². The molecule has 0 saturated heterocycles. The van der Waals surface area contributed by atoms with Crippen molar-refractivity contribution in [3.05, 3.63) is 69.8 Å². The Labute approximate surface area is 143 Å². The first kappa shape index (κ1) is 16.4. The van der Waals surface area contributed by atoms with E-state index in [2.05, 4.69) is 5.32 Å². The van der Waals surface area contributed by atoms with E-state index in [4.69, 9.17) is 4.74 Å². The zero-order chi connectivity index (χ0) is 18.0. The Balaban J connectivity index is 2.23. The number of hydrogen-bond acceptors (Lipinski definition) is 5. The molecule has 3 rings (SSSR count). The van der Waals surface area contributed by atoms with Gasteiger partial charge in [-0.15, -0.1) is 0 Å².